The molecule has 0 radical (unpaired) electrons. The Hall–Kier alpha value is -3.94. The molecule has 1 aliphatic heterocycles. The topological polar surface area (TPSA) is 84.9 Å². The number of nitrogens with one attached hydrogen (secondary N) is 1. The average molecular weight is 455 g/mol. The molecule has 0 spiro atoms. The number of hydrogen-bond acceptors (Lipinski definition) is 4. The zero-order chi connectivity index (χ0) is 23.3. The number of carboxylic acid groups (broad SMARTS) is 1. The third-order valence-corrected chi connectivity index (χ3v) is 6.18. The minimum atomic E-state index is -1.40. The number of ether oxygens (including phenoxy) is 2. The van der Waals surface area contributed by atoms with Crippen LogP contribution in [0.4, 0.5) is 14.5 Å². The second kappa shape index (κ2) is 7.58. The van der Waals surface area contributed by atoms with Gasteiger partial charge in [-0.2, -0.15) is 0 Å². The van der Waals surface area contributed by atoms with Crippen LogP contribution in [0.2, 0.25) is 0 Å². The Kier molecular flexibility index (Phi) is 4.81. The number of carboxylic acids is 1. The normalized spacial score (nSPS) is 15.2. The summed E-state index contributed by atoms with van der Waals surface area (Å²) in [5.41, 5.74) is 0.869. The van der Waals surface area contributed by atoms with Gasteiger partial charge in [0.1, 0.15) is 11.6 Å². The second-order valence-electron chi connectivity index (χ2n) is 8.25. The fourth-order valence-electron chi connectivity index (χ4n) is 4.14. The maximum Gasteiger partial charge on any atom is 0.338 e. The van der Waals surface area contributed by atoms with Crippen LogP contribution in [-0.4, -0.2) is 23.8 Å². The number of rotatable bonds is 5. The molecule has 3 aromatic rings. The van der Waals surface area contributed by atoms with Crippen molar-refractivity contribution in [2.45, 2.75) is 25.2 Å². The molecule has 8 heteroatoms. The van der Waals surface area contributed by atoms with E-state index < -0.39 is 28.6 Å². The van der Waals surface area contributed by atoms with E-state index >= 15 is 0 Å². The van der Waals surface area contributed by atoms with Crippen LogP contribution >= 0.6 is 0 Å². The van der Waals surface area contributed by atoms with E-state index in [0.717, 1.165) is 11.6 Å². The first kappa shape index (κ1) is 20.9. The molecule has 5 rings (SSSR count). The van der Waals surface area contributed by atoms with Crippen molar-refractivity contribution in [3.05, 3.63) is 76.9 Å². The van der Waals surface area contributed by atoms with Crippen LogP contribution in [0.15, 0.2) is 48.5 Å². The van der Waals surface area contributed by atoms with Gasteiger partial charge in [0.05, 0.1) is 16.7 Å². The second-order valence-corrected chi connectivity index (χ2v) is 8.25. The molecule has 0 saturated heterocycles. The largest absolute Gasteiger partial charge is 0.478 e. The number of amides is 1. The van der Waals surface area contributed by atoms with Crippen molar-refractivity contribution in [1.82, 2.24) is 0 Å². The number of anilines is 1. The highest BCUT2D eigenvalue weighted by atomic mass is 19.1. The summed E-state index contributed by atoms with van der Waals surface area (Å²) in [6.45, 7) is 1.78. The summed E-state index contributed by atoms with van der Waals surface area (Å²) in [5.74, 6) is -2.04. The summed E-state index contributed by atoms with van der Waals surface area (Å²) in [7, 11) is 0. The molecular weight excluding hydrogens is 432 g/mol. The smallest absolute Gasteiger partial charge is 0.338 e. The summed E-state index contributed by atoms with van der Waals surface area (Å²) in [4.78, 5) is 24.5. The van der Waals surface area contributed by atoms with Gasteiger partial charge >= 0.3 is 5.97 Å². The zero-order valence-electron chi connectivity index (χ0n) is 17.6. The number of halogens is 2. The Morgan fingerprint density at radius 2 is 1.76 bits per heavy atom. The number of hydrogen-bond donors (Lipinski definition) is 2. The first-order valence-electron chi connectivity index (χ1n) is 10.3. The van der Waals surface area contributed by atoms with Crippen molar-refractivity contribution >= 4 is 17.6 Å². The van der Waals surface area contributed by atoms with Crippen LogP contribution in [0.5, 0.6) is 11.5 Å². The van der Waals surface area contributed by atoms with Crippen LogP contribution in [0, 0.1) is 18.6 Å². The van der Waals surface area contributed by atoms with Crippen LogP contribution < -0.4 is 14.8 Å². The van der Waals surface area contributed by atoms with Crippen molar-refractivity contribution in [2.24, 2.45) is 0 Å². The molecule has 3 aromatic carbocycles. The molecule has 1 fully saturated rings. The number of carbonyl (C=O) groups is 2. The van der Waals surface area contributed by atoms with Gasteiger partial charge in [0.25, 0.3) is 0 Å². The molecule has 1 aliphatic carbocycles. The highest BCUT2D eigenvalue weighted by molar-refractivity contribution is 6.02. The van der Waals surface area contributed by atoms with E-state index in [0.29, 0.717) is 41.0 Å². The maximum atomic E-state index is 14.8. The Balaban J connectivity index is 0.00000171. The first-order valence-corrected chi connectivity index (χ1v) is 10.3. The monoisotopic (exact) mass is 455 g/mol. The summed E-state index contributed by atoms with van der Waals surface area (Å²) >= 11 is 0. The SMILES string of the molecule is Cc1cc(F)c(NC(=O)C2(c3ccc4c(c3)OCO4)CC2)cc1-c1ccc(F)c(C(=O)O)c1.[HH].[HH]. The first-order chi connectivity index (χ1) is 15.8. The van der Waals surface area contributed by atoms with Gasteiger partial charge in [-0.25, -0.2) is 13.6 Å². The average Bonchev–Trinajstić information content (AvgIpc) is 3.46. The Labute approximate surface area is 190 Å². The summed E-state index contributed by atoms with van der Waals surface area (Å²) in [6, 6.07) is 11.7. The number of carbonyl (C=O) groups excluding carboxylic acids is 1. The Morgan fingerprint density at radius 1 is 1.00 bits per heavy atom. The molecule has 2 N–H and O–H groups in total. The molecule has 0 aromatic heterocycles. The van der Waals surface area contributed by atoms with E-state index in [1.165, 1.54) is 24.3 Å². The van der Waals surface area contributed by atoms with Crippen molar-refractivity contribution in [3.8, 4) is 22.6 Å². The molecule has 2 aliphatic rings. The number of benzene rings is 3. The van der Waals surface area contributed by atoms with E-state index in [4.69, 9.17) is 9.47 Å². The zero-order valence-corrected chi connectivity index (χ0v) is 17.6. The van der Waals surface area contributed by atoms with E-state index in [2.05, 4.69) is 5.32 Å². The minimum absolute atomic E-state index is 0. The predicted molar refractivity (Wildman–Crippen MR) is 120 cm³/mol. The molecular formula is C25H23F2NO5. The molecule has 33 heavy (non-hydrogen) atoms. The van der Waals surface area contributed by atoms with Crippen LogP contribution in [-0.2, 0) is 10.2 Å². The molecule has 1 amide bonds. The third-order valence-electron chi connectivity index (χ3n) is 6.18. The van der Waals surface area contributed by atoms with Gasteiger partial charge < -0.3 is 19.9 Å². The highest BCUT2D eigenvalue weighted by Crippen LogP contribution is 2.51. The minimum Gasteiger partial charge on any atom is -0.478 e. The molecule has 1 saturated carbocycles. The summed E-state index contributed by atoms with van der Waals surface area (Å²) in [6.07, 6.45) is 1.22. The highest BCUT2D eigenvalue weighted by Gasteiger charge is 2.51. The van der Waals surface area contributed by atoms with Gasteiger partial charge in [-0.05, 0) is 78.4 Å². The van der Waals surface area contributed by atoms with Crippen LogP contribution in [0.25, 0.3) is 11.1 Å². The third kappa shape index (κ3) is 3.57. The van der Waals surface area contributed by atoms with Crippen molar-refractivity contribution in [1.29, 1.82) is 0 Å². The van der Waals surface area contributed by atoms with Gasteiger partial charge in [-0.15, -0.1) is 0 Å². The van der Waals surface area contributed by atoms with Gasteiger partial charge in [-0.1, -0.05) is 12.1 Å². The lowest BCUT2D eigenvalue weighted by Gasteiger charge is -2.18. The fourth-order valence-corrected chi connectivity index (χ4v) is 4.14. The Morgan fingerprint density at radius 3 is 2.48 bits per heavy atom. The van der Waals surface area contributed by atoms with Crippen molar-refractivity contribution in [2.75, 3.05) is 12.1 Å². The number of aryl methyl sites for hydroxylation is 1. The molecule has 6 nitrogen and oxygen atoms in total. The lowest BCUT2D eigenvalue weighted by molar-refractivity contribution is -0.118. The number of fused-ring (bicyclic) bond motifs is 1. The van der Waals surface area contributed by atoms with Gasteiger partial charge in [0, 0.05) is 2.85 Å². The Bertz CT molecular complexity index is 1330. The van der Waals surface area contributed by atoms with E-state index in [1.807, 2.05) is 6.07 Å². The van der Waals surface area contributed by atoms with Crippen LogP contribution in [0.3, 0.4) is 0 Å². The van der Waals surface area contributed by atoms with Crippen molar-refractivity contribution in [3.63, 3.8) is 0 Å². The summed E-state index contributed by atoms with van der Waals surface area (Å²) < 4.78 is 39.3. The number of aromatic carboxylic acids is 1. The van der Waals surface area contributed by atoms with Crippen molar-refractivity contribution < 1.29 is 35.8 Å². The lowest BCUT2D eigenvalue weighted by atomic mass is 9.94. The van der Waals surface area contributed by atoms with Gasteiger partial charge in [0.15, 0.2) is 11.5 Å². The quantitative estimate of drug-likeness (QED) is 0.529. The maximum absolute atomic E-state index is 14.8. The molecule has 172 valence electrons. The molecule has 1 heterocycles. The standard InChI is InChI=1S/C25H19F2NO5.2H2/c1-13-8-19(27)20(11-16(13)14-2-4-18(26)17(9-14)23(29)30)28-24(31)25(6-7-25)15-3-5-21-22(10-15)33-12-32-21;;/h2-5,8-11H,6-7,12H2,1H3,(H,28,31)(H,29,30);2*1H. The van der Waals surface area contributed by atoms with E-state index in [-0.39, 0.29) is 21.2 Å². The van der Waals surface area contributed by atoms with Gasteiger partial charge in [0.2, 0.25) is 12.7 Å². The predicted octanol–water partition coefficient (Wildman–Crippen LogP) is 5.53. The lowest BCUT2D eigenvalue weighted by Crippen LogP contribution is -2.28. The fraction of sp³-hybridized carbons (Fsp3) is 0.200. The molecule has 0 bridgehead atoms. The molecule has 0 atom stereocenters. The van der Waals surface area contributed by atoms with Crippen LogP contribution in [0.1, 0.15) is 37.2 Å². The summed E-state index contributed by atoms with van der Waals surface area (Å²) in [5, 5.41) is 11.9. The van der Waals surface area contributed by atoms with E-state index in [9.17, 15) is 23.5 Å². The van der Waals surface area contributed by atoms with E-state index in [1.54, 1.807) is 19.1 Å². The van der Waals surface area contributed by atoms with Gasteiger partial charge in [-0.3, -0.25) is 4.79 Å². The molecule has 0 unspecified atom stereocenters.